The molecule has 6 N–H and O–H groups in total. The molecule has 1 fully saturated rings. The zero-order valence-electron chi connectivity index (χ0n) is 20.7. The van der Waals surface area contributed by atoms with Crippen LogP contribution in [0.15, 0.2) is 0 Å². The Morgan fingerprint density at radius 3 is 1.82 bits per heavy atom. The summed E-state index contributed by atoms with van der Waals surface area (Å²) in [6, 6.07) is 0. The molecule has 0 aromatic heterocycles. The van der Waals surface area contributed by atoms with Crippen molar-refractivity contribution in [3.63, 3.8) is 0 Å². The number of aliphatic hydroxyl groups is 5. The molecule has 0 spiro atoms. The van der Waals surface area contributed by atoms with Gasteiger partial charge in [-0.05, 0) is 13.0 Å². The van der Waals surface area contributed by atoms with Crippen molar-refractivity contribution in [2.24, 2.45) is 0 Å². The summed E-state index contributed by atoms with van der Waals surface area (Å²) in [7, 11) is 0. The fourth-order valence-electron chi connectivity index (χ4n) is 4.25. The normalized spacial score (nSPS) is 26.5. The smallest absolute Gasteiger partial charge is 0.184 e. The molecule has 0 aromatic carbocycles. The van der Waals surface area contributed by atoms with Gasteiger partial charge in [-0.2, -0.15) is 0 Å². The summed E-state index contributed by atoms with van der Waals surface area (Å²) in [5.74, 6) is 0. The third-order valence-electron chi connectivity index (χ3n) is 6.41. The van der Waals surface area contributed by atoms with E-state index in [0.29, 0.717) is 6.54 Å². The topological polar surface area (TPSA) is 132 Å². The van der Waals surface area contributed by atoms with Gasteiger partial charge in [0, 0.05) is 6.54 Å². The Morgan fingerprint density at radius 2 is 1.30 bits per heavy atom. The van der Waals surface area contributed by atoms with E-state index in [1.807, 2.05) is 0 Å². The number of unbranched alkanes of at least 4 members (excludes halogenated alkanes) is 13. The molecule has 1 rings (SSSR count). The highest BCUT2D eigenvalue weighted by Crippen LogP contribution is 2.22. The molecular formula is C25H51NO7. The lowest BCUT2D eigenvalue weighted by Crippen LogP contribution is -2.59. The largest absolute Gasteiger partial charge is 0.394 e. The average molecular weight is 478 g/mol. The first-order valence-electron chi connectivity index (χ1n) is 13.3. The van der Waals surface area contributed by atoms with Crippen molar-refractivity contribution in [3.8, 4) is 0 Å². The van der Waals surface area contributed by atoms with E-state index in [1.165, 1.54) is 83.5 Å². The molecule has 1 aliphatic rings. The first-order valence-corrected chi connectivity index (χ1v) is 13.3. The van der Waals surface area contributed by atoms with Gasteiger partial charge < -0.3 is 40.3 Å². The van der Waals surface area contributed by atoms with Crippen molar-refractivity contribution in [1.82, 2.24) is 5.32 Å². The molecule has 1 unspecified atom stereocenters. The van der Waals surface area contributed by atoms with Gasteiger partial charge in [-0.25, -0.2) is 0 Å². The van der Waals surface area contributed by atoms with E-state index >= 15 is 0 Å². The Balaban J connectivity index is 1.90. The zero-order chi connectivity index (χ0) is 24.3. The Kier molecular flexibility index (Phi) is 18.5. The van der Waals surface area contributed by atoms with E-state index in [-0.39, 0.29) is 6.61 Å². The molecule has 0 radical (unpaired) electrons. The second kappa shape index (κ2) is 19.9. The Labute approximate surface area is 200 Å². The second-order valence-electron chi connectivity index (χ2n) is 9.48. The minimum absolute atomic E-state index is 0.107. The molecule has 0 amide bonds. The molecule has 0 aromatic rings. The van der Waals surface area contributed by atoms with Gasteiger partial charge in [-0.15, -0.1) is 0 Å². The van der Waals surface area contributed by atoms with Gasteiger partial charge in [0.2, 0.25) is 0 Å². The minimum atomic E-state index is -1.48. The molecule has 0 bridgehead atoms. The average Bonchev–Trinajstić information content (AvgIpc) is 2.81. The van der Waals surface area contributed by atoms with E-state index in [9.17, 15) is 20.4 Å². The molecule has 0 saturated carbocycles. The van der Waals surface area contributed by atoms with Crippen LogP contribution in [-0.4, -0.2) is 88.6 Å². The number of aliphatic hydroxyl groups excluding tert-OH is 5. The van der Waals surface area contributed by atoms with E-state index in [1.54, 1.807) is 0 Å². The van der Waals surface area contributed by atoms with Crippen molar-refractivity contribution < 1.29 is 35.0 Å². The second-order valence-corrected chi connectivity index (χ2v) is 9.48. The van der Waals surface area contributed by atoms with E-state index in [0.717, 1.165) is 13.0 Å². The standard InChI is InChI=1S/C25H51NO7/c1-2-3-4-5-6-7-8-9-10-11-12-13-14-15-16-26-17-20(28)19-32-24-23(30)22(29)21(18-27)33-25(24)31/h20-31H,2-19H2,1H3/t20?,21-,22+,23+,24-,25-/m1/s1. The van der Waals surface area contributed by atoms with Gasteiger partial charge in [0.1, 0.15) is 24.4 Å². The fraction of sp³-hybridized carbons (Fsp3) is 1.00. The third kappa shape index (κ3) is 14.0. The maximum atomic E-state index is 10.0. The van der Waals surface area contributed by atoms with Gasteiger partial charge in [-0.3, -0.25) is 0 Å². The lowest BCUT2D eigenvalue weighted by Gasteiger charge is -2.40. The molecule has 0 aliphatic carbocycles. The zero-order valence-corrected chi connectivity index (χ0v) is 20.7. The maximum Gasteiger partial charge on any atom is 0.184 e. The SMILES string of the molecule is CCCCCCCCCCCCCCCCNCC(O)CO[C@@H]1[C@@H](O)[C@@H](O)[C@@H](CO)O[C@H]1O. The molecule has 8 nitrogen and oxygen atoms in total. The number of nitrogens with one attached hydrogen (secondary N) is 1. The minimum Gasteiger partial charge on any atom is -0.394 e. The summed E-state index contributed by atoms with van der Waals surface area (Å²) in [4.78, 5) is 0. The van der Waals surface area contributed by atoms with Crippen LogP contribution in [0.2, 0.25) is 0 Å². The highest BCUT2D eigenvalue weighted by molar-refractivity contribution is 4.89. The molecule has 6 atom stereocenters. The Hall–Kier alpha value is -0.320. The summed E-state index contributed by atoms with van der Waals surface area (Å²) in [5, 5.41) is 52.0. The van der Waals surface area contributed by atoms with Crippen LogP contribution in [0.3, 0.4) is 0 Å². The van der Waals surface area contributed by atoms with Gasteiger partial charge in [-0.1, -0.05) is 90.4 Å². The highest BCUT2D eigenvalue weighted by atomic mass is 16.7. The third-order valence-corrected chi connectivity index (χ3v) is 6.41. The van der Waals surface area contributed by atoms with Crippen LogP contribution in [0.5, 0.6) is 0 Å². The number of hydrogen-bond donors (Lipinski definition) is 6. The summed E-state index contributed by atoms with van der Waals surface area (Å²) in [5.41, 5.74) is 0. The summed E-state index contributed by atoms with van der Waals surface area (Å²) >= 11 is 0. The van der Waals surface area contributed by atoms with E-state index in [4.69, 9.17) is 14.6 Å². The van der Waals surface area contributed by atoms with Gasteiger partial charge in [0.25, 0.3) is 0 Å². The van der Waals surface area contributed by atoms with Crippen LogP contribution in [0, 0.1) is 0 Å². The van der Waals surface area contributed by atoms with Crippen LogP contribution in [-0.2, 0) is 9.47 Å². The van der Waals surface area contributed by atoms with E-state index in [2.05, 4.69) is 12.2 Å². The molecule has 1 saturated heterocycles. The molecule has 198 valence electrons. The van der Waals surface area contributed by atoms with Crippen LogP contribution < -0.4 is 5.32 Å². The number of hydrogen-bond acceptors (Lipinski definition) is 8. The van der Waals surface area contributed by atoms with Gasteiger partial charge in [0.05, 0.1) is 19.3 Å². The van der Waals surface area contributed by atoms with Gasteiger partial charge >= 0.3 is 0 Å². The van der Waals surface area contributed by atoms with Crippen LogP contribution in [0.4, 0.5) is 0 Å². The predicted molar refractivity (Wildman–Crippen MR) is 129 cm³/mol. The predicted octanol–water partition coefficient (Wildman–Crippen LogP) is 2.23. The van der Waals surface area contributed by atoms with Crippen LogP contribution in [0.25, 0.3) is 0 Å². The Morgan fingerprint density at radius 1 is 0.788 bits per heavy atom. The highest BCUT2D eigenvalue weighted by Gasteiger charge is 2.44. The summed E-state index contributed by atoms with van der Waals surface area (Å²) in [6.45, 7) is 2.80. The maximum absolute atomic E-state index is 10.0. The molecule has 1 aliphatic heterocycles. The van der Waals surface area contributed by atoms with Crippen molar-refractivity contribution in [2.45, 2.75) is 134 Å². The Bertz CT molecular complexity index is 443. The lowest BCUT2D eigenvalue weighted by molar-refractivity contribution is -0.298. The first-order chi connectivity index (χ1) is 16.0. The van der Waals surface area contributed by atoms with Gasteiger partial charge in [0.15, 0.2) is 6.29 Å². The van der Waals surface area contributed by atoms with E-state index < -0.39 is 43.4 Å². The van der Waals surface area contributed by atoms with Crippen molar-refractivity contribution in [3.05, 3.63) is 0 Å². The first kappa shape index (κ1) is 30.7. The summed E-state index contributed by atoms with van der Waals surface area (Å²) in [6.07, 6.45) is 11.3. The lowest BCUT2D eigenvalue weighted by atomic mass is 9.99. The van der Waals surface area contributed by atoms with Crippen LogP contribution in [0.1, 0.15) is 96.8 Å². The van der Waals surface area contributed by atoms with Crippen LogP contribution >= 0.6 is 0 Å². The van der Waals surface area contributed by atoms with Crippen molar-refractivity contribution in [1.29, 1.82) is 0 Å². The fourth-order valence-corrected chi connectivity index (χ4v) is 4.25. The molecular weight excluding hydrogens is 426 g/mol. The monoisotopic (exact) mass is 477 g/mol. The molecule has 33 heavy (non-hydrogen) atoms. The molecule has 1 heterocycles. The number of rotatable bonds is 21. The van der Waals surface area contributed by atoms with Crippen molar-refractivity contribution in [2.75, 3.05) is 26.3 Å². The quantitative estimate of drug-likeness (QED) is 0.139. The summed E-state index contributed by atoms with van der Waals surface area (Å²) < 4.78 is 10.4. The molecule has 8 heteroatoms. The van der Waals surface area contributed by atoms with Crippen molar-refractivity contribution >= 4 is 0 Å². The number of ether oxygens (including phenoxy) is 2.